The van der Waals surface area contributed by atoms with E-state index in [1.54, 1.807) is 0 Å². The summed E-state index contributed by atoms with van der Waals surface area (Å²) in [6.45, 7) is 1.88. The molecule has 0 heterocycles. The van der Waals surface area contributed by atoms with Gasteiger partial charge in [-0.25, -0.2) is 0 Å². The molecular weight excluding hydrogens is 364 g/mol. The maximum Gasteiger partial charge on any atom is 0.239 e. The van der Waals surface area contributed by atoms with Crippen LogP contribution in [0.15, 0.2) is 66.2 Å². The number of para-hydroxylation sites is 1. The summed E-state index contributed by atoms with van der Waals surface area (Å²) in [5.74, 6) is 1.58. The molecule has 0 spiro atoms. The molecule has 2 N–H and O–H groups in total. The smallest absolute Gasteiger partial charge is 0.239 e. The molecule has 0 radical (unpaired) electrons. The third-order valence-electron chi connectivity index (χ3n) is 4.80. The molecule has 0 aliphatic heterocycles. The van der Waals surface area contributed by atoms with Gasteiger partial charge in [0.1, 0.15) is 24.7 Å². The molecule has 0 fully saturated rings. The molecule has 0 aromatic heterocycles. The van der Waals surface area contributed by atoms with Gasteiger partial charge < -0.3 is 20.1 Å². The van der Waals surface area contributed by atoms with Gasteiger partial charge >= 0.3 is 0 Å². The van der Waals surface area contributed by atoms with E-state index in [0.29, 0.717) is 19.8 Å². The van der Waals surface area contributed by atoms with Gasteiger partial charge in [0.2, 0.25) is 5.91 Å². The third kappa shape index (κ3) is 7.90. The zero-order chi connectivity index (χ0) is 20.2. The Morgan fingerprint density at radius 1 is 0.931 bits per heavy atom. The van der Waals surface area contributed by atoms with Gasteiger partial charge in [-0.1, -0.05) is 35.9 Å². The fraction of sp³-hybridized carbons (Fsp3) is 0.375. The van der Waals surface area contributed by atoms with Crippen LogP contribution in [0.3, 0.4) is 0 Å². The van der Waals surface area contributed by atoms with Crippen LogP contribution < -0.4 is 20.1 Å². The quantitative estimate of drug-likeness (QED) is 0.433. The average Bonchev–Trinajstić information content (AvgIpc) is 2.77. The maximum atomic E-state index is 12.0. The second-order valence-corrected chi connectivity index (χ2v) is 7.10. The van der Waals surface area contributed by atoms with Crippen LogP contribution in [-0.2, 0) is 4.79 Å². The second kappa shape index (κ2) is 11.8. The van der Waals surface area contributed by atoms with E-state index < -0.39 is 0 Å². The van der Waals surface area contributed by atoms with Gasteiger partial charge in [-0.15, -0.1) is 0 Å². The molecule has 1 aliphatic carbocycles. The molecule has 0 bridgehead atoms. The Morgan fingerprint density at radius 3 is 2.52 bits per heavy atom. The van der Waals surface area contributed by atoms with Crippen molar-refractivity contribution < 1.29 is 14.3 Å². The first-order valence-electron chi connectivity index (χ1n) is 10.4. The van der Waals surface area contributed by atoms with Crippen LogP contribution in [-0.4, -0.2) is 32.2 Å². The highest BCUT2D eigenvalue weighted by atomic mass is 16.5. The Morgan fingerprint density at radius 2 is 1.72 bits per heavy atom. The number of nitrogens with one attached hydrogen (secondary N) is 2. The summed E-state index contributed by atoms with van der Waals surface area (Å²) in [7, 11) is 0. The van der Waals surface area contributed by atoms with Gasteiger partial charge in [0.25, 0.3) is 0 Å². The number of carbonyl (C=O) groups is 1. The minimum Gasteiger partial charge on any atom is -0.490 e. The molecule has 0 saturated carbocycles. The number of rotatable bonds is 11. The number of anilines is 1. The molecule has 0 atom stereocenters. The van der Waals surface area contributed by atoms with E-state index in [0.717, 1.165) is 23.6 Å². The van der Waals surface area contributed by atoms with Gasteiger partial charge in [-0.3, -0.25) is 4.79 Å². The summed E-state index contributed by atoms with van der Waals surface area (Å²) < 4.78 is 11.4. The minimum absolute atomic E-state index is 0.00370. The van der Waals surface area contributed by atoms with E-state index in [4.69, 9.17) is 9.47 Å². The predicted octanol–water partition coefficient (Wildman–Crippen LogP) is 4.56. The van der Waals surface area contributed by atoms with E-state index in [-0.39, 0.29) is 12.5 Å². The van der Waals surface area contributed by atoms with Crippen molar-refractivity contribution in [2.24, 2.45) is 0 Å². The van der Waals surface area contributed by atoms with Crippen LogP contribution in [0.4, 0.5) is 5.69 Å². The van der Waals surface area contributed by atoms with Crippen molar-refractivity contribution in [2.45, 2.75) is 32.1 Å². The van der Waals surface area contributed by atoms with E-state index in [9.17, 15) is 4.79 Å². The summed E-state index contributed by atoms with van der Waals surface area (Å²) in [4.78, 5) is 12.0. The Labute approximate surface area is 173 Å². The molecule has 29 heavy (non-hydrogen) atoms. The molecule has 154 valence electrons. The molecule has 0 unspecified atom stereocenters. The summed E-state index contributed by atoms with van der Waals surface area (Å²) in [5.41, 5.74) is 2.34. The van der Waals surface area contributed by atoms with E-state index in [1.165, 1.54) is 31.3 Å². The van der Waals surface area contributed by atoms with Crippen molar-refractivity contribution in [3.05, 3.63) is 66.2 Å². The number of benzene rings is 2. The lowest BCUT2D eigenvalue weighted by Gasteiger charge is -2.13. The summed E-state index contributed by atoms with van der Waals surface area (Å²) in [6.07, 6.45) is 8.21. The summed E-state index contributed by atoms with van der Waals surface area (Å²) in [6, 6.07) is 17.3. The van der Waals surface area contributed by atoms with Crippen LogP contribution in [0.5, 0.6) is 11.5 Å². The van der Waals surface area contributed by atoms with Crippen LogP contribution in [0, 0.1) is 0 Å². The number of hydrogen-bond donors (Lipinski definition) is 2. The Hall–Kier alpha value is -2.95. The molecule has 2 aromatic carbocycles. The molecule has 3 rings (SSSR count). The van der Waals surface area contributed by atoms with E-state index in [2.05, 4.69) is 16.7 Å². The first kappa shape index (κ1) is 20.8. The highest BCUT2D eigenvalue weighted by molar-refractivity contribution is 5.80. The Kier molecular flexibility index (Phi) is 8.45. The fourth-order valence-electron chi connectivity index (χ4n) is 3.27. The van der Waals surface area contributed by atoms with E-state index >= 15 is 0 Å². The number of hydrogen-bond acceptors (Lipinski definition) is 4. The molecule has 1 aliphatic rings. The molecule has 1 amide bonds. The first-order chi connectivity index (χ1) is 14.3. The number of amides is 1. The van der Waals surface area contributed by atoms with Gasteiger partial charge in [-0.2, -0.15) is 0 Å². The van der Waals surface area contributed by atoms with Crippen molar-refractivity contribution in [3.63, 3.8) is 0 Å². The van der Waals surface area contributed by atoms with Gasteiger partial charge in [-0.05, 0) is 56.4 Å². The standard InChI is InChI=1S/C24H30N2O3/c27-24(25-15-14-20-8-3-1-4-9-20)19-26-21-10-7-13-23(18-21)29-17-16-28-22-11-5-2-6-12-22/h2,5-8,10-13,18,26H,1,3-4,9,14-17,19H2,(H,25,27). The maximum absolute atomic E-state index is 12.0. The Balaban J connectivity index is 1.32. The van der Waals surface area contributed by atoms with Crippen molar-refractivity contribution in [1.82, 2.24) is 5.32 Å². The first-order valence-corrected chi connectivity index (χ1v) is 10.4. The molecule has 5 heteroatoms. The number of ether oxygens (including phenoxy) is 2. The summed E-state index contributed by atoms with van der Waals surface area (Å²) >= 11 is 0. The number of allylic oxidation sites excluding steroid dienone is 1. The lowest BCUT2D eigenvalue weighted by atomic mass is 9.97. The van der Waals surface area contributed by atoms with Gasteiger partial charge in [0, 0.05) is 18.3 Å². The van der Waals surface area contributed by atoms with E-state index in [1.807, 2.05) is 54.6 Å². The van der Waals surface area contributed by atoms with Gasteiger partial charge in [0.05, 0.1) is 6.54 Å². The highest BCUT2D eigenvalue weighted by Crippen LogP contribution is 2.19. The molecule has 2 aromatic rings. The summed E-state index contributed by atoms with van der Waals surface area (Å²) in [5, 5.41) is 6.13. The molecular formula is C24H30N2O3. The normalized spacial score (nSPS) is 13.3. The van der Waals surface area contributed by atoms with Crippen molar-refractivity contribution in [1.29, 1.82) is 0 Å². The number of carbonyl (C=O) groups excluding carboxylic acids is 1. The lowest BCUT2D eigenvalue weighted by Crippen LogP contribution is -2.30. The molecule has 0 saturated heterocycles. The minimum atomic E-state index is 0.00370. The fourth-order valence-corrected chi connectivity index (χ4v) is 3.27. The topological polar surface area (TPSA) is 59.6 Å². The average molecular weight is 395 g/mol. The van der Waals surface area contributed by atoms with Crippen molar-refractivity contribution in [2.75, 3.05) is 31.6 Å². The third-order valence-corrected chi connectivity index (χ3v) is 4.80. The van der Waals surface area contributed by atoms with Crippen molar-refractivity contribution >= 4 is 11.6 Å². The largest absolute Gasteiger partial charge is 0.490 e. The SMILES string of the molecule is O=C(CNc1cccc(OCCOc2ccccc2)c1)NCCC1=CCCCC1. The highest BCUT2D eigenvalue weighted by Gasteiger charge is 2.05. The second-order valence-electron chi connectivity index (χ2n) is 7.10. The zero-order valence-corrected chi connectivity index (χ0v) is 16.9. The Bertz CT molecular complexity index is 790. The van der Waals surface area contributed by atoms with Crippen LogP contribution in [0.2, 0.25) is 0 Å². The lowest BCUT2D eigenvalue weighted by molar-refractivity contribution is -0.119. The zero-order valence-electron chi connectivity index (χ0n) is 16.9. The predicted molar refractivity (Wildman–Crippen MR) is 117 cm³/mol. The van der Waals surface area contributed by atoms with Crippen LogP contribution >= 0.6 is 0 Å². The molecule has 5 nitrogen and oxygen atoms in total. The monoisotopic (exact) mass is 394 g/mol. The van der Waals surface area contributed by atoms with Crippen LogP contribution in [0.25, 0.3) is 0 Å². The van der Waals surface area contributed by atoms with Crippen molar-refractivity contribution in [3.8, 4) is 11.5 Å². The van der Waals surface area contributed by atoms with Crippen LogP contribution in [0.1, 0.15) is 32.1 Å². The van der Waals surface area contributed by atoms with Gasteiger partial charge in [0.15, 0.2) is 0 Å².